The molecule has 162 valence electrons. The maximum Gasteiger partial charge on any atom is 0.242 e. The Morgan fingerprint density at radius 3 is 2.43 bits per heavy atom. The summed E-state index contributed by atoms with van der Waals surface area (Å²) < 4.78 is 32.4. The third kappa shape index (κ3) is 6.52. The molecule has 9 heteroatoms. The Kier molecular flexibility index (Phi) is 8.24. The first-order valence-corrected chi connectivity index (χ1v) is 11.7. The van der Waals surface area contributed by atoms with Crippen LogP contribution in [-0.4, -0.2) is 52.1 Å². The van der Waals surface area contributed by atoms with Crippen LogP contribution in [0, 0.1) is 0 Å². The minimum Gasteiger partial charge on any atom is -0.379 e. The summed E-state index contributed by atoms with van der Waals surface area (Å²) in [6.45, 7) is 4.48. The molecule has 30 heavy (non-hydrogen) atoms. The average molecular weight is 452 g/mol. The predicted octanol–water partition coefficient (Wildman–Crippen LogP) is 2.16. The van der Waals surface area contributed by atoms with E-state index < -0.39 is 10.0 Å². The molecule has 1 amide bonds. The van der Waals surface area contributed by atoms with Crippen LogP contribution in [0.3, 0.4) is 0 Å². The van der Waals surface area contributed by atoms with Crippen LogP contribution in [0.25, 0.3) is 0 Å². The summed E-state index contributed by atoms with van der Waals surface area (Å²) in [6.07, 6.45) is 0.0370. The summed E-state index contributed by atoms with van der Waals surface area (Å²) >= 11 is 5.94. The summed E-state index contributed by atoms with van der Waals surface area (Å²) in [4.78, 5) is 14.5. The molecule has 3 rings (SSSR count). The summed E-state index contributed by atoms with van der Waals surface area (Å²) in [5.41, 5.74) is 2.22. The van der Waals surface area contributed by atoms with Gasteiger partial charge in [-0.2, -0.15) is 0 Å². The largest absolute Gasteiger partial charge is 0.379 e. The lowest BCUT2D eigenvalue weighted by atomic mass is 10.1. The Balaban J connectivity index is 1.47. The van der Waals surface area contributed by atoms with E-state index in [1.165, 1.54) is 17.7 Å². The Morgan fingerprint density at radius 1 is 1.03 bits per heavy atom. The summed E-state index contributed by atoms with van der Waals surface area (Å²) in [7, 11) is -3.75. The molecule has 0 atom stereocenters. The van der Waals surface area contributed by atoms with E-state index in [0.717, 1.165) is 38.4 Å². The minimum absolute atomic E-state index is 0.00381. The number of amides is 1. The lowest BCUT2D eigenvalue weighted by Gasteiger charge is -2.27. The molecular weight excluding hydrogens is 426 g/mol. The third-order valence-corrected chi connectivity index (χ3v) is 6.82. The van der Waals surface area contributed by atoms with Crippen molar-refractivity contribution in [2.45, 2.75) is 24.4 Å². The zero-order chi connectivity index (χ0) is 21.4. The Hall–Kier alpha value is -1.97. The number of nitrogens with one attached hydrogen (secondary N) is 2. The molecule has 0 unspecified atom stereocenters. The van der Waals surface area contributed by atoms with Gasteiger partial charge >= 0.3 is 0 Å². The molecule has 0 aromatic heterocycles. The number of benzene rings is 2. The highest BCUT2D eigenvalue weighted by Gasteiger charge is 2.17. The first-order chi connectivity index (χ1) is 14.5. The average Bonchev–Trinajstić information content (AvgIpc) is 2.74. The van der Waals surface area contributed by atoms with Crippen LogP contribution in [-0.2, 0) is 32.6 Å². The molecule has 0 bridgehead atoms. The lowest BCUT2D eigenvalue weighted by molar-refractivity contribution is -0.121. The van der Waals surface area contributed by atoms with Crippen LogP contribution in [0.15, 0.2) is 53.4 Å². The van der Waals surface area contributed by atoms with Crippen molar-refractivity contribution in [3.05, 3.63) is 64.7 Å². The second kappa shape index (κ2) is 10.9. The number of carbonyl (C=O) groups is 1. The third-order valence-electron chi connectivity index (χ3n) is 4.86. The predicted molar refractivity (Wildman–Crippen MR) is 116 cm³/mol. The molecular formula is C21H26ClN3O4S. The topological polar surface area (TPSA) is 87.7 Å². The van der Waals surface area contributed by atoms with Gasteiger partial charge in [-0.25, -0.2) is 13.1 Å². The number of sulfonamides is 1. The number of rotatable bonds is 9. The summed E-state index contributed by atoms with van der Waals surface area (Å²) in [6, 6.07) is 14.2. The lowest BCUT2D eigenvalue weighted by Crippen LogP contribution is -2.36. The van der Waals surface area contributed by atoms with Gasteiger partial charge in [0.2, 0.25) is 15.9 Å². The molecule has 2 aromatic carbocycles. The number of hydrogen-bond donors (Lipinski definition) is 2. The van der Waals surface area contributed by atoms with E-state index in [4.69, 9.17) is 16.3 Å². The van der Waals surface area contributed by atoms with Gasteiger partial charge in [0.15, 0.2) is 0 Å². The van der Waals surface area contributed by atoms with Crippen LogP contribution in [0.4, 0.5) is 0 Å². The molecule has 1 heterocycles. The molecule has 0 saturated carbocycles. The number of ether oxygens (including phenoxy) is 1. The number of nitrogens with zero attached hydrogens (tertiary/aromatic N) is 1. The molecule has 0 aliphatic carbocycles. The van der Waals surface area contributed by atoms with Gasteiger partial charge in [-0.1, -0.05) is 48.0 Å². The fourth-order valence-corrected chi connectivity index (χ4v) is 4.76. The second-order valence-electron chi connectivity index (χ2n) is 7.01. The van der Waals surface area contributed by atoms with E-state index in [2.05, 4.69) is 21.0 Å². The summed E-state index contributed by atoms with van der Waals surface area (Å²) in [5, 5.41) is 3.02. The molecule has 2 aromatic rings. The van der Waals surface area contributed by atoms with Gasteiger partial charge in [0, 0.05) is 39.1 Å². The highest BCUT2D eigenvalue weighted by molar-refractivity contribution is 7.89. The zero-order valence-electron chi connectivity index (χ0n) is 16.6. The fourth-order valence-electron chi connectivity index (χ4n) is 3.21. The van der Waals surface area contributed by atoms with Crippen molar-refractivity contribution >= 4 is 27.5 Å². The van der Waals surface area contributed by atoms with Crippen molar-refractivity contribution in [3.8, 4) is 0 Å². The van der Waals surface area contributed by atoms with E-state index >= 15 is 0 Å². The highest BCUT2D eigenvalue weighted by atomic mass is 35.5. The molecule has 1 saturated heterocycles. The quantitative estimate of drug-likeness (QED) is 0.610. The monoisotopic (exact) mass is 451 g/mol. The first kappa shape index (κ1) is 22.7. The van der Waals surface area contributed by atoms with Crippen molar-refractivity contribution < 1.29 is 17.9 Å². The van der Waals surface area contributed by atoms with Gasteiger partial charge < -0.3 is 10.1 Å². The van der Waals surface area contributed by atoms with Crippen molar-refractivity contribution in [1.82, 2.24) is 14.9 Å². The number of halogens is 1. The van der Waals surface area contributed by atoms with Crippen molar-refractivity contribution in [2.75, 3.05) is 32.8 Å². The van der Waals surface area contributed by atoms with E-state index in [0.29, 0.717) is 6.54 Å². The fraction of sp³-hybridized carbons (Fsp3) is 0.381. The Labute approximate surface area is 182 Å². The Morgan fingerprint density at radius 2 is 1.70 bits per heavy atom. The Bertz CT molecular complexity index is 962. The van der Waals surface area contributed by atoms with Gasteiger partial charge in [-0.15, -0.1) is 0 Å². The maximum atomic E-state index is 12.3. The first-order valence-electron chi connectivity index (χ1n) is 9.83. The number of hydrogen-bond acceptors (Lipinski definition) is 5. The van der Waals surface area contributed by atoms with Crippen LogP contribution in [0.5, 0.6) is 0 Å². The standard InChI is InChI=1S/C21H26ClN3O4S/c22-19-7-3-4-8-20(19)30(27,28)24-10-9-21(26)23-15-17-5-1-2-6-18(17)16-25-11-13-29-14-12-25/h1-8,24H,9-16H2,(H,23,26). The number of morpholine rings is 1. The van der Waals surface area contributed by atoms with Crippen molar-refractivity contribution in [3.63, 3.8) is 0 Å². The normalized spacial score (nSPS) is 15.1. The highest BCUT2D eigenvalue weighted by Crippen LogP contribution is 2.20. The van der Waals surface area contributed by atoms with Crippen molar-refractivity contribution in [1.29, 1.82) is 0 Å². The van der Waals surface area contributed by atoms with Gasteiger partial charge in [0.1, 0.15) is 4.90 Å². The van der Waals surface area contributed by atoms with Crippen LogP contribution < -0.4 is 10.0 Å². The number of carbonyl (C=O) groups excluding carboxylic acids is 1. The molecule has 1 fully saturated rings. The van der Waals surface area contributed by atoms with Gasteiger partial charge in [0.25, 0.3) is 0 Å². The zero-order valence-corrected chi connectivity index (χ0v) is 18.2. The molecule has 1 aliphatic heterocycles. The maximum absolute atomic E-state index is 12.3. The second-order valence-corrected chi connectivity index (χ2v) is 9.15. The van der Waals surface area contributed by atoms with Crippen LogP contribution in [0.2, 0.25) is 5.02 Å². The molecule has 2 N–H and O–H groups in total. The van der Waals surface area contributed by atoms with E-state index in [1.54, 1.807) is 12.1 Å². The van der Waals surface area contributed by atoms with Gasteiger partial charge in [-0.3, -0.25) is 9.69 Å². The SMILES string of the molecule is O=C(CCNS(=O)(=O)c1ccccc1Cl)NCc1ccccc1CN1CCOCC1. The van der Waals surface area contributed by atoms with Gasteiger partial charge in [0.05, 0.1) is 18.2 Å². The summed E-state index contributed by atoms with van der Waals surface area (Å²) in [5.74, 6) is -0.224. The molecule has 7 nitrogen and oxygen atoms in total. The van der Waals surface area contributed by atoms with E-state index in [1.807, 2.05) is 18.2 Å². The van der Waals surface area contributed by atoms with Crippen LogP contribution in [0.1, 0.15) is 17.5 Å². The van der Waals surface area contributed by atoms with Gasteiger partial charge in [-0.05, 0) is 23.3 Å². The molecule has 0 radical (unpaired) electrons. The van der Waals surface area contributed by atoms with E-state index in [-0.39, 0.29) is 28.8 Å². The molecule has 0 spiro atoms. The van der Waals surface area contributed by atoms with E-state index in [9.17, 15) is 13.2 Å². The van der Waals surface area contributed by atoms with Crippen molar-refractivity contribution in [2.24, 2.45) is 0 Å². The minimum atomic E-state index is -3.75. The van der Waals surface area contributed by atoms with Crippen LogP contribution >= 0.6 is 11.6 Å². The smallest absolute Gasteiger partial charge is 0.242 e. The molecule has 1 aliphatic rings.